The molecule has 12 heavy (non-hydrogen) atoms. The highest BCUT2D eigenvalue weighted by Gasteiger charge is 2.00. The Hall–Kier alpha value is -0.610. The number of nitrogens with one attached hydrogen (secondary N) is 1. The third-order valence-electron chi connectivity index (χ3n) is 1.36. The lowest BCUT2D eigenvalue weighted by Crippen LogP contribution is -2.06. The van der Waals surface area contributed by atoms with E-state index in [1.54, 1.807) is 12.1 Å². The third-order valence-corrected chi connectivity index (χ3v) is 1.85. The van der Waals surface area contributed by atoms with Crippen LogP contribution >= 0.6 is 15.9 Å². The molecule has 0 bridgehead atoms. The van der Waals surface area contributed by atoms with Crippen molar-refractivity contribution in [1.82, 2.24) is 0 Å². The van der Waals surface area contributed by atoms with E-state index in [2.05, 4.69) is 21.2 Å². The van der Waals surface area contributed by atoms with Crippen LogP contribution in [0.15, 0.2) is 22.7 Å². The van der Waals surface area contributed by atoms with Gasteiger partial charge in [0.05, 0.1) is 12.3 Å². The van der Waals surface area contributed by atoms with Gasteiger partial charge in [0.25, 0.3) is 0 Å². The molecular formula is C8H9BrFNO. The van der Waals surface area contributed by atoms with Crippen LogP contribution in [0.25, 0.3) is 0 Å². The molecule has 0 spiro atoms. The van der Waals surface area contributed by atoms with E-state index in [4.69, 9.17) is 5.11 Å². The van der Waals surface area contributed by atoms with E-state index < -0.39 is 0 Å². The molecule has 4 heteroatoms. The van der Waals surface area contributed by atoms with Gasteiger partial charge in [0.15, 0.2) is 0 Å². The summed E-state index contributed by atoms with van der Waals surface area (Å²) in [6.45, 7) is 0.355. The fourth-order valence-corrected chi connectivity index (χ4v) is 1.16. The molecule has 0 unspecified atom stereocenters. The summed E-state index contributed by atoms with van der Waals surface area (Å²) in [6.07, 6.45) is 0. The zero-order valence-corrected chi connectivity index (χ0v) is 7.94. The van der Waals surface area contributed by atoms with Crippen LogP contribution in [-0.4, -0.2) is 18.3 Å². The van der Waals surface area contributed by atoms with E-state index in [-0.39, 0.29) is 12.4 Å². The van der Waals surface area contributed by atoms with Crippen LogP contribution in [0.5, 0.6) is 0 Å². The number of aliphatic hydroxyl groups is 1. The molecule has 1 aromatic rings. The predicted molar refractivity (Wildman–Crippen MR) is 49.7 cm³/mol. The summed E-state index contributed by atoms with van der Waals surface area (Å²) in [5, 5.41) is 11.2. The Morgan fingerprint density at radius 2 is 2.25 bits per heavy atom. The first-order valence-electron chi connectivity index (χ1n) is 3.54. The highest BCUT2D eigenvalue weighted by atomic mass is 79.9. The quantitative estimate of drug-likeness (QED) is 0.838. The zero-order chi connectivity index (χ0) is 8.97. The first kappa shape index (κ1) is 9.48. The SMILES string of the molecule is OCCNc1ccc(Br)cc1F. The Morgan fingerprint density at radius 3 is 2.83 bits per heavy atom. The Bertz CT molecular complexity index is 267. The summed E-state index contributed by atoms with van der Waals surface area (Å²) in [5.74, 6) is -0.321. The molecule has 0 heterocycles. The maximum Gasteiger partial charge on any atom is 0.147 e. The monoisotopic (exact) mass is 233 g/mol. The fourth-order valence-electron chi connectivity index (χ4n) is 0.823. The number of benzene rings is 1. The maximum absolute atomic E-state index is 13.0. The van der Waals surface area contributed by atoms with Crippen LogP contribution in [0, 0.1) is 5.82 Å². The molecule has 0 saturated heterocycles. The number of halogens is 2. The van der Waals surface area contributed by atoms with E-state index in [1.807, 2.05) is 0 Å². The minimum Gasteiger partial charge on any atom is -0.395 e. The van der Waals surface area contributed by atoms with E-state index >= 15 is 0 Å². The van der Waals surface area contributed by atoms with Gasteiger partial charge in [-0.3, -0.25) is 0 Å². The van der Waals surface area contributed by atoms with Gasteiger partial charge in [-0.05, 0) is 18.2 Å². The van der Waals surface area contributed by atoms with Gasteiger partial charge in [-0.15, -0.1) is 0 Å². The smallest absolute Gasteiger partial charge is 0.147 e. The van der Waals surface area contributed by atoms with Gasteiger partial charge < -0.3 is 10.4 Å². The lowest BCUT2D eigenvalue weighted by molar-refractivity contribution is 0.311. The highest BCUT2D eigenvalue weighted by Crippen LogP contribution is 2.18. The van der Waals surface area contributed by atoms with Gasteiger partial charge in [0.2, 0.25) is 0 Å². The van der Waals surface area contributed by atoms with Gasteiger partial charge in [-0.1, -0.05) is 15.9 Å². The molecule has 2 N–H and O–H groups in total. The number of hydrogen-bond donors (Lipinski definition) is 2. The molecule has 0 atom stereocenters. The summed E-state index contributed by atoms with van der Waals surface area (Å²) in [7, 11) is 0. The largest absolute Gasteiger partial charge is 0.395 e. The van der Waals surface area contributed by atoms with Crippen LogP contribution in [0.3, 0.4) is 0 Å². The Morgan fingerprint density at radius 1 is 1.50 bits per heavy atom. The average Bonchev–Trinajstić information content (AvgIpc) is 2.03. The van der Waals surface area contributed by atoms with E-state index in [0.717, 1.165) is 0 Å². The van der Waals surface area contributed by atoms with Crippen molar-refractivity contribution in [2.75, 3.05) is 18.5 Å². The Kier molecular flexibility index (Phi) is 3.49. The van der Waals surface area contributed by atoms with Crippen molar-refractivity contribution in [3.63, 3.8) is 0 Å². The predicted octanol–water partition coefficient (Wildman–Crippen LogP) is 1.99. The molecule has 0 aliphatic heterocycles. The average molecular weight is 234 g/mol. The Labute approximate surface area is 78.5 Å². The molecule has 1 aromatic carbocycles. The van der Waals surface area contributed by atoms with Gasteiger partial charge in [0.1, 0.15) is 5.82 Å². The van der Waals surface area contributed by atoms with Gasteiger partial charge in [0, 0.05) is 11.0 Å². The lowest BCUT2D eigenvalue weighted by Gasteiger charge is -2.05. The summed E-state index contributed by atoms with van der Waals surface area (Å²) in [6, 6.07) is 4.73. The van der Waals surface area contributed by atoms with Crippen LogP contribution in [-0.2, 0) is 0 Å². The molecule has 0 saturated carbocycles. The van der Waals surface area contributed by atoms with Crippen LogP contribution in [0.1, 0.15) is 0 Å². The fraction of sp³-hybridized carbons (Fsp3) is 0.250. The molecule has 0 aromatic heterocycles. The molecule has 0 aliphatic carbocycles. The molecule has 0 aliphatic rings. The minimum absolute atomic E-state index is 0.00446. The van der Waals surface area contributed by atoms with Crippen molar-refractivity contribution >= 4 is 21.6 Å². The topological polar surface area (TPSA) is 32.3 Å². The third kappa shape index (κ3) is 2.46. The molecule has 1 rings (SSSR count). The summed E-state index contributed by atoms with van der Waals surface area (Å²) < 4.78 is 13.7. The molecule has 2 nitrogen and oxygen atoms in total. The molecule has 0 amide bonds. The van der Waals surface area contributed by atoms with E-state index in [1.165, 1.54) is 6.07 Å². The number of anilines is 1. The van der Waals surface area contributed by atoms with Crippen molar-refractivity contribution < 1.29 is 9.50 Å². The summed E-state index contributed by atoms with van der Waals surface area (Å²) in [4.78, 5) is 0. The van der Waals surface area contributed by atoms with Crippen molar-refractivity contribution in [3.8, 4) is 0 Å². The highest BCUT2D eigenvalue weighted by molar-refractivity contribution is 9.10. The first-order valence-corrected chi connectivity index (χ1v) is 4.33. The molecular weight excluding hydrogens is 225 g/mol. The lowest BCUT2D eigenvalue weighted by atomic mass is 10.3. The van der Waals surface area contributed by atoms with Crippen molar-refractivity contribution in [2.45, 2.75) is 0 Å². The number of aliphatic hydroxyl groups excluding tert-OH is 1. The van der Waals surface area contributed by atoms with Gasteiger partial charge in [-0.25, -0.2) is 4.39 Å². The molecule has 66 valence electrons. The molecule has 0 radical (unpaired) electrons. The van der Waals surface area contributed by atoms with Crippen LogP contribution < -0.4 is 5.32 Å². The van der Waals surface area contributed by atoms with Crippen LogP contribution in [0.2, 0.25) is 0 Å². The summed E-state index contributed by atoms with van der Waals surface area (Å²) in [5.41, 5.74) is 0.409. The normalized spacial score (nSPS) is 9.92. The van der Waals surface area contributed by atoms with Gasteiger partial charge >= 0.3 is 0 Å². The zero-order valence-electron chi connectivity index (χ0n) is 6.35. The van der Waals surface area contributed by atoms with Gasteiger partial charge in [-0.2, -0.15) is 0 Å². The maximum atomic E-state index is 13.0. The standard InChI is InChI=1S/C8H9BrFNO/c9-6-1-2-8(7(10)5-6)11-3-4-12/h1-2,5,11-12H,3-4H2. The van der Waals surface area contributed by atoms with Crippen LogP contribution in [0.4, 0.5) is 10.1 Å². The van der Waals surface area contributed by atoms with E-state index in [9.17, 15) is 4.39 Å². The second-order valence-electron chi connectivity index (χ2n) is 2.27. The van der Waals surface area contributed by atoms with Crippen molar-refractivity contribution in [1.29, 1.82) is 0 Å². The van der Waals surface area contributed by atoms with Crippen molar-refractivity contribution in [3.05, 3.63) is 28.5 Å². The molecule has 0 fully saturated rings. The van der Waals surface area contributed by atoms with Crippen molar-refractivity contribution in [2.24, 2.45) is 0 Å². The van der Waals surface area contributed by atoms with E-state index in [0.29, 0.717) is 16.7 Å². The Balaban J connectivity index is 2.72. The summed E-state index contributed by atoms with van der Waals surface area (Å²) >= 11 is 3.15. The number of rotatable bonds is 3. The first-order chi connectivity index (χ1) is 5.74. The number of hydrogen-bond acceptors (Lipinski definition) is 2. The second kappa shape index (κ2) is 4.42. The second-order valence-corrected chi connectivity index (χ2v) is 3.19. The minimum atomic E-state index is -0.321.